The predicted octanol–water partition coefficient (Wildman–Crippen LogP) is 5.59. The van der Waals surface area contributed by atoms with Gasteiger partial charge >= 0.3 is 0 Å². The van der Waals surface area contributed by atoms with Crippen LogP contribution in [0.15, 0.2) is 12.2 Å². The fraction of sp³-hybridized carbons (Fsp3) is 0.778. The van der Waals surface area contributed by atoms with Crippen LogP contribution in [0.3, 0.4) is 0 Å². The molecule has 1 saturated carbocycles. The minimum atomic E-state index is 0.678. The Hall–Kier alpha value is -0.700. The molecule has 0 amide bonds. The Bertz CT molecular complexity index is 281. The van der Waals surface area contributed by atoms with E-state index >= 15 is 0 Å². The molecule has 18 heavy (non-hydrogen) atoms. The third-order valence-electron chi connectivity index (χ3n) is 3.95. The van der Waals surface area contributed by atoms with Crippen molar-refractivity contribution < 1.29 is 0 Å². The van der Waals surface area contributed by atoms with Gasteiger partial charge in [-0.2, -0.15) is 0 Å². The van der Waals surface area contributed by atoms with E-state index in [1.165, 1.54) is 44.9 Å². The van der Waals surface area contributed by atoms with Crippen molar-refractivity contribution in [3.8, 4) is 11.8 Å². The summed E-state index contributed by atoms with van der Waals surface area (Å²) >= 11 is 0. The zero-order chi connectivity index (χ0) is 13.2. The molecule has 0 radical (unpaired) electrons. The summed E-state index contributed by atoms with van der Waals surface area (Å²) in [5.74, 6) is 8.80. The average Bonchev–Trinajstić information content (AvgIpc) is 2.36. The van der Waals surface area contributed by atoms with E-state index in [1.807, 2.05) is 6.92 Å². The van der Waals surface area contributed by atoms with Crippen molar-refractivity contribution in [1.29, 1.82) is 0 Å². The van der Waals surface area contributed by atoms with Crippen molar-refractivity contribution >= 4 is 0 Å². The Kier molecular flexibility index (Phi) is 7.90. The van der Waals surface area contributed by atoms with Crippen LogP contribution in [0.4, 0.5) is 0 Å². The maximum atomic E-state index is 3.29. The molecule has 0 spiro atoms. The summed E-state index contributed by atoms with van der Waals surface area (Å²) in [7, 11) is 0. The Balaban J connectivity index is 2.39. The van der Waals surface area contributed by atoms with Crippen molar-refractivity contribution in [2.45, 2.75) is 72.1 Å². The van der Waals surface area contributed by atoms with Gasteiger partial charge in [0.1, 0.15) is 0 Å². The molecule has 1 fully saturated rings. The molecule has 0 aromatic carbocycles. The minimum absolute atomic E-state index is 0.678. The molecule has 0 aromatic heterocycles. The molecule has 0 saturated heterocycles. The quantitative estimate of drug-likeness (QED) is 0.423. The van der Waals surface area contributed by atoms with Crippen molar-refractivity contribution in [2.75, 3.05) is 0 Å². The first-order valence-corrected chi connectivity index (χ1v) is 7.78. The molecule has 1 atom stereocenters. The second-order valence-corrected chi connectivity index (χ2v) is 6.14. The third-order valence-corrected chi connectivity index (χ3v) is 3.95. The van der Waals surface area contributed by atoms with E-state index in [4.69, 9.17) is 0 Å². The van der Waals surface area contributed by atoms with Gasteiger partial charge in [0.25, 0.3) is 0 Å². The standard InChI is InChI=1S/C18H30/c1-4-5-11-17(14-9-10-16(2)3)15-18-12-7-6-8-13-18/h9-10,16-18H,6-8,11-15H2,1-3H3/b10-9+. The van der Waals surface area contributed by atoms with Crippen molar-refractivity contribution in [3.63, 3.8) is 0 Å². The summed E-state index contributed by atoms with van der Waals surface area (Å²) in [5.41, 5.74) is 0. The van der Waals surface area contributed by atoms with Gasteiger partial charge in [0.05, 0.1) is 0 Å². The topological polar surface area (TPSA) is 0 Å². The molecule has 1 aliphatic carbocycles. The van der Waals surface area contributed by atoms with Crippen molar-refractivity contribution in [2.24, 2.45) is 17.8 Å². The van der Waals surface area contributed by atoms with Crippen LogP contribution in [-0.4, -0.2) is 0 Å². The normalized spacial score (nSPS) is 18.9. The number of hydrogen-bond acceptors (Lipinski definition) is 0. The fourth-order valence-electron chi connectivity index (χ4n) is 2.95. The molecule has 1 aliphatic rings. The van der Waals surface area contributed by atoms with E-state index in [0.717, 1.165) is 18.3 Å². The van der Waals surface area contributed by atoms with Crippen molar-refractivity contribution in [3.05, 3.63) is 12.2 Å². The van der Waals surface area contributed by atoms with Crippen LogP contribution in [0, 0.1) is 29.6 Å². The van der Waals surface area contributed by atoms with E-state index in [9.17, 15) is 0 Å². The molecule has 0 heterocycles. The van der Waals surface area contributed by atoms with E-state index in [-0.39, 0.29) is 0 Å². The highest BCUT2D eigenvalue weighted by molar-refractivity contribution is 4.98. The molecule has 0 N–H and O–H groups in total. The second-order valence-electron chi connectivity index (χ2n) is 6.14. The van der Waals surface area contributed by atoms with Crippen LogP contribution < -0.4 is 0 Å². The molecule has 102 valence electrons. The SMILES string of the molecule is CC#CCC(C/C=C/C(C)C)CC1CCCCC1. The zero-order valence-electron chi connectivity index (χ0n) is 12.5. The lowest BCUT2D eigenvalue weighted by Gasteiger charge is -2.25. The fourth-order valence-corrected chi connectivity index (χ4v) is 2.95. The van der Waals surface area contributed by atoms with Crippen LogP contribution in [0.25, 0.3) is 0 Å². The first-order valence-electron chi connectivity index (χ1n) is 7.78. The Morgan fingerprint density at radius 1 is 1.17 bits per heavy atom. The highest BCUT2D eigenvalue weighted by atomic mass is 14.2. The van der Waals surface area contributed by atoms with Crippen LogP contribution in [0.5, 0.6) is 0 Å². The smallest absolute Gasteiger partial charge is 0.0120 e. The lowest BCUT2D eigenvalue weighted by atomic mass is 9.81. The van der Waals surface area contributed by atoms with Gasteiger partial charge in [0.2, 0.25) is 0 Å². The molecular formula is C18H30. The predicted molar refractivity (Wildman–Crippen MR) is 81.3 cm³/mol. The van der Waals surface area contributed by atoms with E-state index in [0.29, 0.717) is 5.92 Å². The van der Waals surface area contributed by atoms with E-state index in [1.54, 1.807) is 0 Å². The summed E-state index contributed by atoms with van der Waals surface area (Å²) in [6.45, 7) is 6.46. The third kappa shape index (κ3) is 6.90. The molecule has 1 unspecified atom stereocenters. The first-order chi connectivity index (χ1) is 8.72. The van der Waals surface area contributed by atoms with Gasteiger partial charge in [0, 0.05) is 6.42 Å². The van der Waals surface area contributed by atoms with Crippen LogP contribution in [0.2, 0.25) is 0 Å². The van der Waals surface area contributed by atoms with Gasteiger partial charge < -0.3 is 0 Å². The summed E-state index contributed by atoms with van der Waals surface area (Å²) in [5, 5.41) is 0. The van der Waals surface area contributed by atoms with Gasteiger partial charge in [-0.15, -0.1) is 11.8 Å². The van der Waals surface area contributed by atoms with Crippen molar-refractivity contribution in [1.82, 2.24) is 0 Å². The highest BCUT2D eigenvalue weighted by Gasteiger charge is 2.17. The van der Waals surface area contributed by atoms with E-state index in [2.05, 4.69) is 37.8 Å². The molecule has 0 bridgehead atoms. The average molecular weight is 246 g/mol. The Morgan fingerprint density at radius 3 is 2.50 bits per heavy atom. The van der Waals surface area contributed by atoms with Gasteiger partial charge in [0.15, 0.2) is 0 Å². The molecule has 0 heteroatoms. The molecule has 0 nitrogen and oxygen atoms in total. The number of rotatable bonds is 6. The second kappa shape index (κ2) is 9.26. The molecular weight excluding hydrogens is 216 g/mol. The Labute approximate surface area is 114 Å². The van der Waals surface area contributed by atoms with Gasteiger partial charge in [-0.25, -0.2) is 0 Å². The summed E-state index contributed by atoms with van der Waals surface area (Å²) in [6.07, 6.45) is 15.7. The van der Waals surface area contributed by atoms with Crippen LogP contribution in [0.1, 0.15) is 72.1 Å². The largest absolute Gasteiger partial charge is 0.107 e. The maximum absolute atomic E-state index is 3.29. The maximum Gasteiger partial charge on any atom is 0.0120 e. The molecule has 0 aliphatic heterocycles. The van der Waals surface area contributed by atoms with E-state index < -0.39 is 0 Å². The van der Waals surface area contributed by atoms with Gasteiger partial charge in [-0.05, 0) is 37.5 Å². The summed E-state index contributed by atoms with van der Waals surface area (Å²) in [6, 6.07) is 0. The summed E-state index contributed by atoms with van der Waals surface area (Å²) in [4.78, 5) is 0. The zero-order valence-corrected chi connectivity index (χ0v) is 12.5. The summed E-state index contributed by atoms with van der Waals surface area (Å²) < 4.78 is 0. The van der Waals surface area contributed by atoms with Gasteiger partial charge in [-0.3, -0.25) is 0 Å². The van der Waals surface area contributed by atoms with Crippen LogP contribution >= 0.6 is 0 Å². The molecule has 1 rings (SSSR count). The minimum Gasteiger partial charge on any atom is -0.107 e. The number of hydrogen-bond donors (Lipinski definition) is 0. The molecule has 0 aromatic rings. The monoisotopic (exact) mass is 246 g/mol. The Morgan fingerprint density at radius 2 is 1.89 bits per heavy atom. The lowest BCUT2D eigenvalue weighted by Crippen LogP contribution is -2.12. The first kappa shape index (κ1) is 15.4. The highest BCUT2D eigenvalue weighted by Crippen LogP contribution is 2.31. The van der Waals surface area contributed by atoms with Gasteiger partial charge in [-0.1, -0.05) is 58.1 Å². The lowest BCUT2D eigenvalue weighted by molar-refractivity contribution is 0.289. The number of allylic oxidation sites excluding steroid dienone is 2. The van der Waals surface area contributed by atoms with Crippen LogP contribution in [-0.2, 0) is 0 Å².